The van der Waals surface area contributed by atoms with E-state index in [2.05, 4.69) is 25.3 Å². The normalized spacial score (nSPS) is 10.6. The van der Waals surface area contributed by atoms with E-state index in [0.29, 0.717) is 29.7 Å². The quantitative estimate of drug-likeness (QED) is 0.693. The lowest BCUT2D eigenvalue weighted by atomic mass is 10.1. The highest BCUT2D eigenvalue weighted by Crippen LogP contribution is 2.21. The summed E-state index contributed by atoms with van der Waals surface area (Å²) in [6.45, 7) is 3.72. The SMILES string of the molecule is CCC(=O)c1cc(C)c(Nc2nccn2-c2cc(N)ncn2)cn1. The molecule has 0 fully saturated rings. The standard InChI is InChI=1S/C16H17N7O/c1-3-13(24)11-6-10(2)12(8-19-11)22-16-18-4-5-23(16)15-7-14(17)20-9-21-15/h4-9H,3H2,1-2H3,(H,18,22)(H2,17,20,21). The third kappa shape index (κ3) is 3.07. The van der Waals surface area contributed by atoms with Crippen molar-refractivity contribution < 1.29 is 4.79 Å². The average Bonchev–Trinajstić information content (AvgIpc) is 3.04. The lowest BCUT2D eigenvalue weighted by molar-refractivity contribution is 0.0983. The summed E-state index contributed by atoms with van der Waals surface area (Å²) in [5.41, 5.74) is 7.83. The first-order valence-corrected chi connectivity index (χ1v) is 7.46. The zero-order valence-corrected chi connectivity index (χ0v) is 13.4. The van der Waals surface area contributed by atoms with Gasteiger partial charge in [0.15, 0.2) is 5.78 Å². The van der Waals surface area contributed by atoms with Crippen LogP contribution < -0.4 is 11.1 Å². The summed E-state index contributed by atoms with van der Waals surface area (Å²) in [7, 11) is 0. The van der Waals surface area contributed by atoms with Crippen molar-refractivity contribution in [3.8, 4) is 5.82 Å². The van der Waals surface area contributed by atoms with Gasteiger partial charge in [0.25, 0.3) is 0 Å². The minimum Gasteiger partial charge on any atom is -0.384 e. The second-order valence-corrected chi connectivity index (χ2v) is 5.21. The molecule has 122 valence electrons. The van der Waals surface area contributed by atoms with Crippen LogP contribution in [0.5, 0.6) is 0 Å². The number of nitrogens with one attached hydrogen (secondary N) is 1. The van der Waals surface area contributed by atoms with Gasteiger partial charge in [-0.3, -0.25) is 14.3 Å². The fraction of sp³-hybridized carbons (Fsp3) is 0.188. The number of hydrogen-bond acceptors (Lipinski definition) is 7. The minimum absolute atomic E-state index is 0.0163. The van der Waals surface area contributed by atoms with Gasteiger partial charge in [-0.1, -0.05) is 6.92 Å². The van der Waals surface area contributed by atoms with Crippen molar-refractivity contribution in [2.24, 2.45) is 0 Å². The second kappa shape index (κ2) is 6.45. The second-order valence-electron chi connectivity index (χ2n) is 5.21. The minimum atomic E-state index is 0.0163. The molecule has 0 unspecified atom stereocenters. The Morgan fingerprint density at radius 1 is 1.25 bits per heavy atom. The van der Waals surface area contributed by atoms with Gasteiger partial charge >= 0.3 is 0 Å². The largest absolute Gasteiger partial charge is 0.384 e. The van der Waals surface area contributed by atoms with E-state index in [1.54, 1.807) is 35.3 Å². The van der Waals surface area contributed by atoms with Crippen LogP contribution in [0.3, 0.4) is 0 Å². The fourth-order valence-electron chi connectivity index (χ4n) is 2.21. The van der Waals surface area contributed by atoms with Crippen LogP contribution in [0.4, 0.5) is 17.5 Å². The van der Waals surface area contributed by atoms with Gasteiger partial charge in [-0.05, 0) is 18.6 Å². The number of nitrogens with zero attached hydrogens (tertiary/aromatic N) is 5. The van der Waals surface area contributed by atoms with Crippen LogP contribution in [-0.2, 0) is 0 Å². The van der Waals surface area contributed by atoms with Gasteiger partial charge in [-0.2, -0.15) is 0 Å². The van der Waals surface area contributed by atoms with Crippen molar-refractivity contribution in [2.45, 2.75) is 20.3 Å². The van der Waals surface area contributed by atoms with Crippen molar-refractivity contribution in [3.05, 3.63) is 48.3 Å². The highest BCUT2D eigenvalue weighted by Gasteiger charge is 2.11. The predicted octanol–water partition coefficient (Wildman–Crippen LogP) is 2.28. The maximum Gasteiger partial charge on any atom is 0.213 e. The first kappa shape index (κ1) is 15.6. The molecule has 0 saturated heterocycles. The molecular formula is C16H17N7O. The molecule has 8 heteroatoms. The van der Waals surface area contributed by atoms with Gasteiger partial charge < -0.3 is 11.1 Å². The molecule has 0 radical (unpaired) electrons. The van der Waals surface area contributed by atoms with Crippen molar-refractivity contribution in [2.75, 3.05) is 11.1 Å². The van der Waals surface area contributed by atoms with Crippen LogP contribution in [-0.4, -0.2) is 30.3 Å². The number of rotatable bonds is 5. The summed E-state index contributed by atoms with van der Waals surface area (Å²) in [5.74, 6) is 1.56. The summed E-state index contributed by atoms with van der Waals surface area (Å²) in [6.07, 6.45) is 6.87. The van der Waals surface area contributed by atoms with Crippen LogP contribution >= 0.6 is 0 Å². The third-order valence-electron chi connectivity index (χ3n) is 3.53. The topological polar surface area (TPSA) is 112 Å². The highest BCUT2D eigenvalue weighted by atomic mass is 16.1. The Labute approximate surface area is 138 Å². The van der Waals surface area contributed by atoms with Crippen molar-refractivity contribution >= 4 is 23.2 Å². The Bertz CT molecular complexity index is 888. The molecule has 3 heterocycles. The summed E-state index contributed by atoms with van der Waals surface area (Å²) in [4.78, 5) is 28.3. The molecule has 0 amide bonds. The van der Waals surface area contributed by atoms with Crippen molar-refractivity contribution in [1.29, 1.82) is 0 Å². The van der Waals surface area contributed by atoms with E-state index in [4.69, 9.17) is 5.73 Å². The number of aromatic nitrogens is 5. The molecule has 8 nitrogen and oxygen atoms in total. The van der Waals surface area contributed by atoms with Crippen molar-refractivity contribution in [3.63, 3.8) is 0 Å². The molecule has 0 atom stereocenters. The van der Waals surface area contributed by atoms with Gasteiger partial charge in [0.2, 0.25) is 5.95 Å². The number of anilines is 3. The Morgan fingerprint density at radius 3 is 2.79 bits per heavy atom. The molecule has 0 spiro atoms. The zero-order valence-electron chi connectivity index (χ0n) is 13.4. The molecule has 3 rings (SSSR count). The Kier molecular flexibility index (Phi) is 4.19. The summed E-state index contributed by atoms with van der Waals surface area (Å²) in [6, 6.07) is 3.42. The van der Waals surface area contributed by atoms with Crippen LogP contribution in [0.2, 0.25) is 0 Å². The Morgan fingerprint density at radius 2 is 2.08 bits per heavy atom. The first-order chi connectivity index (χ1) is 11.6. The number of nitrogen functional groups attached to an aromatic ring is 1. The molecule has 0 saturated carbocycles. The van der Waals surface area contributed by atoms with E-state index in [9.17, 15) is 4.79 Å². The maximum absolute atomic E-state index is 11.7. The molecule has 3 N–H and O–H groups in total. The number of carbonyl (C=O) groups excluding carboxylic acids is 1. The molecule has 0 aliphatic rings. The molecule has 0 bridgehead atoms. The number of carbonyl (C=O) groups is 1. The van der Waals surface area contributed by atoms with Crippen LogP contribution in [0.25, 0.3) is 5.82 Å². The smallest absolute Gasteiger partial charge is 0.213 e. The summed E-state index contributed by atoms with van der Waals surface area (Å²) >= 11 is 0. The summed E-state index contributed by atoms with van der Waals surface area (Å²) < 4.78 is 1.75. The van der Waals surface area contributed by atoms with Crippen LogP contribution in [0, 0.1) is 6.92 Å². The molecule has 3 aromatic heterocycles. The summed E-state index contributed by atoms with van der Waals surface area (Å²) in [5, 5.41) is 3.20. The highest BCUT2D eigenvalue weighted by molar-refractivity contribution is 5.94. The molecule has 3 aromatic rings. The van der Waals surface area contributed by atoms with Gasteiger partial charge in [-0.15, -0.1) is 0 Å². The molecule has 24 heavy (non-hydrogen) atoms. The fourth-order valence-corrected chi connectivity index (χ4v) is 2.21. The van der Waals surface area contributed by atoms with Gasteiger partial charge in [-0.25, -0.2) is 15.0 Å². The molecule has 0 aromatic carbocycles. The monoisotopic (exact) mass is 323 g/mol. The number of Topliss-reactive ketones (excluding diaryl/α,β-unsaturated/α-hetero) is 1. The Balaban J connectivity index is 1.90. The number of hydrogen-bond donors (Lipinski definition) is 2. The van der Waals surface area contributed by atoms with E-state index in [-0.39, 0.29) is 5.78 Å². The lowest BCUT2D eigenvalue weighted by Gasteiger charge is -2.11. The van der Waals surface area contributed by atoms with Gasteiger partial charge in [0, 0.05) is 24.9 Å². The average molecular weight is 323 g/mol. The van der Waals surface area contributed by atoms with E-state index in [0.717, 1.165) is 11.3 Å². The molecular weight excluding hydrogens is 306 g/mol. The lowest BCUT2D eigenvalue weighted by Crippen LogP contribution is -2.07. The Hall–Kier alpha value is -3.29. The number of imidazole rings is 1. The van der Waals surface area contributed by atoms with Crippen LogP contribution in [0.1, 0.15) is 29.4 Å². The van der Waals surface area contributed by atoms with E-state index < -0.39 is 0 Å². The van der Waals surface area contributed by atoms with Crippen molar-refractivity contribution in [1.82, 2.24) is 24.5 Å². The predicted molar refractivity (Wildman–Crippen MR) is 90.4 cm³/mol. The first-order valence-electron chi connectivity index (χ1n) is 7.46. The number of ketones is 1. The third-order valence-corrected chi connectivity index (χ3v) is 3.53. The van der Waals surface area contributed by atoms with Gasteiger partial charge in [0.05, 0.1) is 11.9 Å². The van der Waals surface area contributed by atoms with E-state index in [1.165, 1.54) is 6.33 Å². The van der Waals surface area contributed by atoms with Crippen LogP contribution in [0.15, 0.2) is 37.1 Å². The zero-order chi connectivity index (χ0) is 17.1. The number of pyridine rings is 1. The number of nitrogens with two attached hydrogens (primary N) is 1. The molecule has 0 aliphatic heterocycles. The maximum atomic E-state index is 11.7. The molecule has 0 aliphatic carbocycles. The van der Waals surface area contributed by atoms with Gasteiger partial charge in [0.1, 0.15) is 23.7 Å². The van der Waals surface area contributed by atoms with E-state index >= 15 is 0 Å². The van der Waals surface area contributed by atoms with E-state index in [1.807, 2.05) is 13.8 Å². The number of aryl methyl sites for hydroxylation is 1.